The van der Waals surface area contributed by atoms with Crippen molar-refractivity contribution in [2.45, 2.75) is 25.7 Å². The van der Waals surface area contributed by atoms with E-state index < -0.39 is 0 Å². The van der Waals surface area contributed by atoms with Crippen LogP contribution in [0.3, 0.4) is 0 Å². The summed E-state index contributed by atoms with van der Waals surface area (Å²) in [5.74, 6) is 0.169. The lowest BCUT2D eigenvalue weighted by Crippen LogP contribution is -2.22. The van der Waals surface area contributed by atoms with E-state index in [1.54, 1.807) is 23.5 Å². The number of ketones is 1. The second kappa shape index (κ2) is 6.80. The molecule has 0 bridgehead atoms. The van der Waals surface area contributed by atoms with Crippen LogP contribution in [0, 0.1) is 6.92 Å². The van der Waals surface area contributed by atoms with Crippen LogP contribution >= 0.6 is 11.3 Å². The van der Waals surface area contributed by atoms with E-state index >= 15 is 0 Å². The average molecular weight is 363 g/mol. The molecule has 1 atom stereocenters. The van der Waals surface area contributed by atoms with Gasteiger partial charge in [0.1, 0.15) is 0 Å². The third-order valence-electron chi connectivity index (χ3n) is 4.52. The first-order valence-electron chi connectivity index (χ1n) is 8.40. The number of nitrogens with one attached hydrogen (secondary N) is 1. The summed E-state index contributed by atoms with van der Waals surface area (Å²) in [4.78, 5) is 34.6. The van der Waals surface area contributed by atoms with Crippen molar-refractivity contribution in [3.05, 3.63) is 75.2 Å². The maximum Gasteiger partial charge on any atom is 0.258 e. The molecule has 1 amide bonds. The van der Waals surface area contributed by atoms with Crippen LogP contribution in [0.4, 0.5) is 5.95 Å². The number of carbonyl (C=O) groups excluding carboxylic acids is 2. The van der Waals surface area contributed by atoms with Crippen LogP contribution in [0.1, 0.15) is 49.2 Å². The predicted molar refractivity (Wildman–Crippen MR) is 101 cm³/mol. The van der Waals surface area contributed by atoms with Gasteiger partial charge in [-0.3, -0.25) is 14.9 Å². The van der Waals surface area contributed by atoms with Crippen LogP contribution in [0.5, 0.6) is 0 Å². The van der Waals surface area contributed by atoms with Gasteiger partial charge in [0.15, 0.2) is 5.78 Å². The molecule has 0 aliphatic heterocycles. The summed E-state index contributed by atoms with van der Waals surface area (Å²) in [7, 11) is 0. The first-order chi connectivity index (χ1) is 12.6. The molecule has 6 heteroatoms. The van der Waals surface area contributed by atoms with E-state index in [2.05, 4.69) is 21.4 Å². The molecule has 0 fully saturated rings. The number of rotatable bonds is 3. The molecule has 5 nitrogen and oxygen atoms in total. The zero-order chi connectivity index (χ0) is 18.1. The fourth-order valence-electron chi connectivity index (χ4n) is 3.11. The Labute approximate surface area is 155 Å². The molecule has 1 aromatic carbocycles. The van der Waals surface area contributed by atoms with Gasteiger partial charge in [-0.1, -0.05) is 23.8 Å². The first-order valence-corrected chi connectivity index (χ1v) is 9.28. The van der Waals surface area contributed by atoms with Crippen molar-refractivity contribution in [3.63, 3.8) is 0 Å². The maximum atomic E-state index is 12.4. The number of amides is 1. The normalized spacial score (nSPS) is 16.2. The number of nitrogens with zero attached hydrogens (tertiary/aromatic N) is 2. The molecular formula is C20H17N3O2S. The fourth-order valence-corrected chi connectivity index (χ4v) is 3.94. The molecule has 130 valence electrons. The van der Waals surface area contributed by atoms with Crippen LogP contribution in [0.25, 0.3) is 0 Å². The van der Waals surface area contributed by atoms with Crippen LogP contribution in [-0.4, -0.2) is 21.7 Å². The number of carbonyl (C=O) groups is 2. The van der Waals surface area contributed by atoms with Gasteiger partial charge in [-0.25, -0.2) is 9.97 Å². The average Bonchev–Trinajstić information content (AvgIpc) is 3.16. The highest BCUT2D eigenvalue weighted by atomic mass is 32.1. The number of aryl methyl sites for hydroxylation is 1. The molecule has 0 saturated heterocycles. The third-order valence-corrected chi connectivity index (χ3v) is 5.56. The Bertz CT molecular complexity index is 965. The lowest BCUT2D eigenvalue weighted by molar-refractivity contribution is 0.0963. The Morgan fingerprint density at radius 3 is 2.73 bits per heavy atom. The number of hydrogen-bond donors (Lipinski definition) is 1. The number of Topliss-reactive ketones (excluding diaryl/α,β-unsaturated/α-hetero) is 1. The number of benzene rings is 1. The van der Waals surface area contributed by atoms with E-state index in [9.17, 15) is 9.59 Å². The van der Waals surface area contributed by atoms with Crippen molar-refractivity contribution < 1.29 is 9.59 Å². The lowest BCUT2D eigenvalue weighted by Gasteiger charge is -2.22. The zero-order valence-corrected chi connectivity index (χ0v) is 15.0. The largest absolute Gasteiger partial charge is 0.294 e. The minimum absolute atomic E-state index is 0.0565. The monoisotopic (exact) mass is 363 g/mol. The summed E-state index contributed by atoms with van der Waals surface area (Å²) in [5.41, 5.74) is 2.90. The van der Waals surface area contributed by atoms with E-state index in [-0.39, 0.29) is 23.6 Å². The zero-order valence-electron chi connectivity index (χ0n) is 14.2. The van der Waals surface area contributed by atoms with Gasteiger partial charge in [0.2, 0.25) is 5.95 Å². The molecule has 0 spiro atoms. The number of hydrogen-bond acceptors (Lipinski definition) is 5. The molecule has 1 N–H and O–H groups in total. The van der Waals surface area contributed by atoms with E-state index in [0.29, 0.717) is 29.7 Å². The summed E-state index contributed by atoms with van der Waals surface area (Å²) in [6.45, 7) is 1.97. The summed E-state index contributed by atoms with van der Waals surface area (Å²) in [5, 5.41) is 4.74. The molecule has 2 aromatic heterocycles. The summed E-state index contributed by atoms with van der Waals surface area (Å²) >= 11 is 1.65. The van der Waals surface area contributed by atoms with Crippen LogP contribution < -0.4 is 5.32 Å². The predicted octanol–water partition coefficient (Wildman–Crippen LogP) is 4.01. The number of thiophene rings is 1. The number of aromatic nitrogens is 2. The van der Waals surface area contributed by atoms with Crippen molar-refractivity contribution in [2.75, 3.05) is 5.32 Å². The maximum absolute atomic E-state index is 12.4. The molecule has 26 heavy (non-hydrogen) atoms. The fraction of sp³-hybridized carbons (Fsp3) is 0.200. The van der Waals surface area contributed by atoms with Crippen molar-refractivity contribution in [1.82, 2.24) is 9.97 Å². The molecule has 0 radical (unpaired) electrons. The minimum atomic E-state index is -0.262. The second-order valence-corrected chi connectivity index (χ2v) is 7.40. The van der Waals surface area contributed by atoms with Gasteiger partial charge >= 0.3 is 0 Å². The second-order valence-electron chi connectivity index (χ2n) is 6.42. The third kappa shape index (κ3) is 3.28. The number of fused-ring (bicyclic) bond motifs is 1. The van der Waals surface area contributed by atoms with Crippen molar-refractivity contribution in [1.29, 1.82) is 0 Å². The van der Waals surface area contributed by atoms with Gasteiger partial charge in [0.05, 0.1) is 11.3 Å². The number of anilines is 1. The quantitative estimate of drug-likeness (QED) is 0.763. The van der Waals surface area contributed by atoms with Crippen molar-refractivity contribution >= 4 is 29.0 Å². The van der Waals surface area contributed by atoms with Crippen molar-refractivity contribution in [2.24, 2.45) is 0 Å². The van der Waals surface area contributed by atoms with Gasteiger partial charge in [-0.2, -0.15) is 0 Å². The van der Waals surface area contributed by atoms with Crippen LogP contribution in [-0.2, 0) is 6.42 Å². The molecule has 0 saturated carbocycles. The van der Waals surface area contributed by atoms with Crippen LogP contribution in [0.2, 0.25) is 0 Å². The molecule has 1 aliphatic carbocycles. The van der Waals surface area contributed by atoms with Gasteiger partial charge < -0.3 is 0 Å². The van der Waals surface area contributed by atoms with E-state index in [4.69, 9.17) is 0 Å². The van der Waals surface area contributed by atoms with Gasteiger partial charge in [0, 0.05) is 29.0 Å². The van der Waals surface area contributed by atoms with Gasteiger partial charge in [-0.05, 0) is 36.9 Å². The van der Waals surface area contributed by atoms with Gasteiger partial charge in [-0.15, -0.1) is 11.3 Å². The molecular weight excluding hydrogens is 346 g/mol. The Hall–Kier alpha value is -2.86. The Morgan fingerprint density at radius 2 is 2.00 bits per heavy atom. The van der Waals surface area contributed by atoms with Crippen LogP contribution in [0.15, 0.2) is 48.0 Å². The Morgan fingerprint density at radius 1 is 1.19 bits per heavy atom. The summed E-state index contributed by atoms with van der Waals surface area (Å²) in [6.07, 6.45) is 2.68. The molecule has 4 rings (SSSR count). The van der Waals surface area contributed by atoms with E-state index in [0.717, 1.165) is 5.56 Å². The van der Waals surface area contributed by atoms with Gasteiger partial charge in [0.25, 0.3) is 5.91 Å². The summed E-state index contributed by atoms with van der Waals surface area (Å²) < 4.78 is 0. The van der Waals surface area contributed by atoms with Crippen molar-refractivity contribution in [3.8, 4) is 0 Å². The first kappa shape index (κ1) is 16.6. The minimum Gasteiger partial charge on any atom is -0.294 e. The van der Waals surface area contributed by atoms with E-state index in [1.807, 2.05) is 30.5 Å². The SMILES string of the molecule is Cc1ccc(C(=O)Nc2ncc3c(n2)C[C@@H](c2cccs2)CC3=O)cc1. The topological polar surface area (TPSA) is 72.0 Å². The highest BCUT2D eigenvalue weighted by molar-refractivity contribution is 7.10. The highest BCUT2D eigenvalue weighted by Crippen LogP contribution is 2.34. The standard InChI is InChI=1S/C20H17N3O2S/c1-12-4-6-13(7-5-12)19(25)23-20-21-11-15-16(22-20)9-14(10-17(15)24)18-3-2-8-26-18/h2-8,11,14H,9-10H2,1H3,(H,21,22,23,25)/t14-/m1/s1. The Kier molecular flexibility index (Phi) is 4.34. The Balaban J connectivity index is 1.56. The molecule has 0 unspecified atom stereocenters. The van der Waals surface area contributed by atoms with E-state index in [1.165, 1.54) is 11.1 Å². The highest BCUT2D eigenvalue weighted by Gasteiger charge is 2.28. The molecule has 3 aromatic rings. The molecule has 1 aliphatic rings. The smallest absolute Gasteiger partial charge is 0.258 e. The molecule has 2 heterocycles. The lowest BCUT2D eigenvalue weighted by atomic mass is 9.86. The summed E-state index contributed by atoms with van der Waals surface area (Å²) in [6, 6.07) is 11.3.